The van der Waals surface area contributed by atoms with E-state index in [0.717, 1.165) is 16.4 Å². The number of sulfonamides is 1. The standard InChI is InChI=1S/C12H18BrFN2O3S/c1-4-16(7-12(2,3)17)20(18,19)11-6-10(15)9(14)5-8(11)13/h5-6,17H,4,7,15H2,1-3H3. The molecule has 0 radical (unpaired) electrons. The van der Waals surface area contributed by atoms with Crippen LogP contribution in [0, 0.1) is 5.82 Å². The fourth-order valence-corrected chi connectivity index (χ4v) is 4.29. The van der Waals surface area contributed by atoms with Crippen LogP contribution in [0.3, 0.4) is 0 Å². The number of rotatable bonds is 5. The Balaban J connectivity index is 3.31. The molecule has 5 nitrogen and oxygen atoms in total. The molecule has 1 aromatic carbocycles. The molecular formula is C12H18BrFN2O3S. The Bertz CT molecular complexity index is 599. The van der Waals surface area contributed by atoms with Crippen molar-refractivity contribution >= 4 is 31.6 Å². The van der Waals surface area contributed by atoms with Crippen LogP contribution < -0.4 is 5.73 Å². The van der Waals surface area contributed by atoms with Crippen molar-refractivity contribution < 1.29 is 17.9 Å². The molecule has 0 atom stereocenters. The molecule has 0 fully saturated rings. The van der Waals surface area contributed by atoms with Gasteiger partial charge < -0.3 is 10.8 Å². The molecule has 0 aliphatic carbocycles. The van der Waals surface area contributed by atoms with Gasteiger partial charge in [-0.1, -0.05) is 6.92 Å². The lowest BCUT2D eigenvalue weighted by atomic mass is 10.1. The Morgan fingerprint density at radius 2 is 2.00 bits per heavy atom. The van der Waals surface area contributed by atoms with Crippen LogP contribution >= 0.6 is 15.9 Å². The summed E-state index contributed by atoms with van der Waals surface area (Å²) in [5, 5.41) is 9.79. The maximum atomic E-state index is 13.3. The lowest BCUT2D eigenvalue weighted by Gasteiger charge is -2.27. The van der Waals surface area contributed by atoms with Crippen LogP contribution in [0.4, 0.5) is 10.1 Å². The summed E-state index contributed by atoms with van der Waals surface area (Å²) in [5.74, 6) is -0.693. The van der Waals surface area contributed by atoms with Gasteiger partial charge in [0.05, 0.1) is 16.2 Å². The molecular weight excluding hydrogens is 351 g/mol. The van der Waals surface area contributed by atoms with Crippen molar-refractivity contribution in [3.8, 4) is 0 Å². The molecule has 0 amide bonds. The van der Waals surface area contributed by atoms with E-state index in [4.69, 9.17) is 5.73 Å². The second-order valence-electron chi connectivity index (χ2n) is 5.05. The molecule has 3 N–H and O–H groups in total. The van der Waals surface area contributed by atoms with Crippen molar-refractivity contribution in [2.24, 2.45) is 0 Å². The van der Waals surface area contributed by atoms with E-state index >= 15 is 0 Å². The molecule has 0 saturated heterocycles. The minimum absolute atomic E-state index is 0.0739. The first-order chi connectivity index (χ1) is 8.99. The maximum absolute atomic E-state index is 13.3. The molecule has 8 heteroatoms. The van der Waals surface area contributed by atoms with Crippen LogP contribution in [0.2, 0.25) is 0 Å². The molecule has 0 bridgehead atoms. The average molecular weight is 369 g/mol. The summed E-state index contributed by atoms with van der Waals surface area (Å²) in [4.78, 5) is -0.123. The quantitative estimate of drug-likeness (QED) is 0.778. The number of nitrogens with zero attached hydrogens (tertiary/aromatic N) is 1. The molecule has 1 aromatic rings. The summed E-state index contributed by atoms with van der Waals surface area (Å²) >= 11 is 3.03. The highest BCUT2D eigenvalue weighted by molar-refractivity contribution is 9.10. The van der Waals surface area contributed by atoms with E-state index in [0.29, 0.717) is 0 Å². The molecule has 0 aliphatic heterocycles. The zero-order valence-electron chi connectivity index (χ0n) is 11.5. The summed E-state index contributed by atoms with van der Waals surface area (Å²) in [7, 11) is -3.87. The van der Waals surface area contributed by atoms with Crippen LogP contribution in [0.25, 0.3) is 0 Å². The third-order valence-corrected chi connectivity index (χ3v) is 5.46. The van der Waals surface area contributed by atoms with Gasteiger partial charge in [-0.15, -0.1) is 0 Å². The van der Waals surface area contributed by atoms with E-state index in [-0.39, 0.29) is 28.1 Å². The van der Waals surface area contributed by atoms with Gasteiger partial charge in [0.25, 0.3) is 0 Å². The van der Waals surface area contributed by atoms with Crippen molar-refractivity contribution in [3.63, 3.8) is 0 Å². The van der Waals surface area contributed by atoms with Gasteiger partial charge in [0.2, 0.25) is 10.0 Å². The van der Waals surface area contributed by atoms with Gasteiger partial charge in [0, 0.05) is 17.6 Å². The van der Waals surface area contributed by atoms with Crippen molar-refractivity contribution in [2.75, 3.05) is 18.8 Å². The van der Waals surface area contributed by atoms with E-state index in [1.54, 1.807) is 6.92 Å². The predicted octanol–water partition coefficient (Wildman–Crippen LogP) is 1.95. The number of hydrogen-bond donors (Lipinski definition) is 2. The highest BCUT2D eigenvalue weighted by Gasteiger charge is 2.30. The monoisotopic (exact) mass is 368 g/mol. The normalized spacial score (nSPS) is 12.9. The summed E-state index contributed by atoms with van der Waals surface area (Å²) in [5.41, 5.74) is 4.00. The molecule has 0 aromatic heterocycles. The number of benzene rings is 1. The molecule has 0 saturated carbocycles. The van der Waals surface area contributed by atoms with Crippen LogP contribution in [0.15, 0.2) is 21.5 Å². The zero-order valence-corrected chi connectivity index (χ0v) is 13.9. The zero-order chi connectivity index (χ0) is 15.7. The molecule has 20 heavy (non-hydrogen) atoms. The van der Waals surface area contributed by atoms with Gasteiger partial charge in [-0.25, -0.2) is 12.8 Å². The smallest absolute Gasteiger partial charge is 0.244 e. The second-order valence-corrected chi connectivity index (χ2v) is 7.81. The van der Waals surface area contributed by atoms with E-state index in [1.807, 2.05) is 0 Å². The number of nitrogens with two attached hydrogens (primary N) is 1. The molecule has 0 aliphatic rings. The highest BCUT2D eigenvalue weighted by atomic mass is 79.9. The number of nitrogen functional groups attached to an aromatic ring is 1. The molecule has 114 valence electrons. The number of anilines is 1. The van der Waals surface area contributed by atoms with E-state index in [9.17, 15) is 17.9 Å². The Hall–Kier alpha value is -0.700. The van der Waals surface area contributed by atoms with Gasteiger partial charge in [-0.05, 0) is 41.9 Å². The Kier molecular flexibility index (Phi) is 5.18. The van der Waals surface area contributed by atoms with Crippen molar-refractivity contribution in [1.29, 1.82) is 0 Å². The number of hydrogen-bond acceptors (Lipinski definition) is 4. The first-order valence-electron chi connectivity index (χ1n) is 5.96. The fourth-order valence-electron chi connectivity index (χ4n) is 1.68. The third-order valence-electron chi connectivity index (χ3n) is 2.59. The van der Waals surface area contributed by atoms with Gasteiger partial charge in [-0.3, -0.25) is 0 Å². The lowest BCUT2D eigenvalue weighted by Crippen LogP contribution is -2.42. The first-order valence-corrected chi connectivity index (χ1v) is 8.19. The topological polar surface area (TPSA) is 83.6 Å². The van der Waals surface area contributed by atoms with Crippen molar-refractivity contribution in [2.45, 2.75) is 31.3 Å². The second kappa shape index (κ2) is 5.97. The average Bonchev–Trinajstić information content (AvgIpc) is 2.29. The maximum Gasteiger partial charge on any atom is 0.244 e. The predicted molar refractivity (Wildman–Crippen MR) is 79.2 cm³/mol. The van der Waals surface area contributed by atoms with Crippen LogP contribution in [-0.2, 0) is 10.0 Å². The van der Waals surface area contributed by atoms with E-state index in [2.05, 4.69) is 15.9 Å². The third kappa shape index (κ3) is 3.91. The molecule has 0 heterocycles. The van der Waals surface area contributed by atoms with Crippen LogP contribution in [0.1, 0.15) is 20.8 Å². The number of halogens is 2. The van der Waals surface area contributed by atoms with Crippen molar-refractivity contribution in [1.82, 2.24) is 4.31 Å². The summed E-state index contributed by atoms with van der Waals surface area (Å²) in [6.07, 6.45) is 0. The van der Waals surface area contributed by atoms with Crippen LogP contribution in [0.5, 0.6) is 0 Å². The Labute approximate surface area is 126 Å². The Morgan fingerprint density at radius 1 is 1.45 bits per heavy atom. The summed E-state index contributed by atoms with van der Waals surface area (Å²) < 4.78 is 39.6. The highest BCUT2D eigenvalue weighted by Crippen LogP contribution is 2.29. The van der Waals surface area contributed by atoms with Crippen LogP contribution in [-0.4, -0.2) is 36.5 Å². The molecule has 0 unspecified atom stereocenters. The molecule has 0 spiro atoms. The number of aliphatic hydroxyl groups is 1. The van der Waals surface area contributed by atoms with Gasteiger partial charge in [-0.2, -0.15) is 4.31 Å². The summed E-state index contributed by atoms with van der Waals surface area (Å²) in [6, 6.07) is 2.09. The first kappa shape index (κ1) is 17.4. The van der Waals surface area contributed by atoms with Gasteiger partial charge >= 0.3 is 0 Å². The fraction of sp³-hybridized carbons (Fsp3) is 0.500. The Morgan fingerprint density at radius 3 is 2.45 bits per heavy atom. The number of likely N-dealkylation sites (N-methyl/N-ethyl adjacent to an activating group) is 1. The largest absolute Gasteiger partial charge is 0.396 e. The lowest BCUT2D eigenvalue weighted by molar-refractivity contribution is 0.0601. The molecule has 1 rings (SSSR count). The van der Waals surface area contributed by atoms with Crippen molar-refractivity contribution in [3.05, 3.63) is 22.4 Å². The van der Waals surface area contributed by atoms with Gasteiger partial charge in [0.1, 0.15) is 5.82 Å². The van der Waals surface area contributed by atoms with Gasteiger partial charge in [0.15, 0.2) is 0 Å². The minimum atomic E-state index is -3.87. The van der Waals surface area contributed by atoms with E-state index in [1.165, 1.54) is 13.8 Å². The minimum Gasteiger partial charge on any atom is -0.396 e. The van der Waals surface area contributed by atoms with E-state index < -0.39 is 21.4 Å². The SMILES string of the molecule is CCN(CC(C)(C)O)S(=O)(=O)c1cc(N)c(F)cc1Br. The summed E-state index contributed by atoms with van der Waals surface area (Å²) in [6.45, 7) is 4.79.